The normalized spacial score (nSPS) is 15.6. The van der Waals surface area contributed by atoms with Crippen LogP contribution in [0, 0.1) is 0 Å². The third kappa shape index (κ3) is 6.99. The molecule has 1 aromatic heterocycles. The summed E-state index contributed by atoms with van der Waals surface area (Å²) >= 11 is 12.9. The standard InChI is InChI=1S/C26H30Cl2N4O4/c1-31-14-22(21-12-20(27)13-24(28)23(21)15-31)18-3-2-4-19(11-18)25-16-32(17-30-25)5-6-34-7-8-35-9-10-36-26(29)33/h2-4,11-13,16-17,22H,5-10,14-15H2,1H3,(H2,29,33)/t22-/m0/s1. The highest BCUT2D eigenvalue weighted by Gasteiger charge is 2.27. The molecule has 0 saturated carbocycles. The lowest BCUT2D eigenvalue weighted by molar-refractivity contribution is 0.0274. The number of nitrogens with zero attached hydrogens (tertiary/aromatic N) is 3. The smallest absolute Gasteiger partial charge is 0.404 e. The first-order valence-corrected chi connectivity index (χ1v) is 12.5. The van der Waals surface area contributed by atoms with Gasteiger partial charge in [0.25, 0.3) is 0 Å². The molecule has 3 aromatic rings. The Kier molecular flexibility index (Phi) is 9.23. The summed E-state index contributed by atoms with van der Waals surface area (Å²) in [5.41, 5.74) is 10.4. The second-order valence-electron chi connectivity index (χ2n) is 8.72. The molecule has 0 spiro atoms. The van der Waals surface area contributed by atoms with Crippen molar-refractivity contribution in [3.05, 3.63) is 75.7 Å². The number of rotatable bonds is 11. The highest BCUT2D eigenvalue weighted by Crippen LogP contribution is 2.39. The van der Waals surface area contributed by atoms with Gasteiger partial charge in [-0.1, -0.05) is 41.4 Å². The number of fused-ring (bicyclic) bond motifs is 1. The highest BCUT2D eigenvalue weighted by molar-refractivity contribution is 6.35. The number of carbonyl (C=O) groups is 1. The Balaban J connectivity index is 1.34. The molecule has 10 heteroatoms. The van der Waals surface area contributed by atoms with Gasteiger partial charge in [-0.2, -0.15) is 0 Å². The van der Waals surface area contributed by atoms with Crippen molar-refractivity contribution in [3.8, 4) is 11.3 Å². The topological polar surface area (TPSA) is 91.8 Å². The van der Waals surface area contributed by atoms with Gasteiger partial charge in [-0.05, 0) is 41.9 Å². The molecule has 0 aliphatic carbocycles. The van der Waals surface area contributed by atoms with E-state index in [2.05, 4.69) is 45.9 Å². The maximum Gasteiger partial charge on any atom is 0.404 e. The first-order valence-electron chi connectivity index (χ1n) is 11.8. The molecule has 8 nitrogen and oxygen atoms in total. The maximum atomic E-state index is 10.5. The van der Waals surface area contributed by atoms with Crippen LogP contribution in [0.5, 0.6) is 0 Å². The van der Waals surface area contributed by atoms with Crippen LogP contribution in [0.1, 0.15) is 22.6 Å². The number of ether oxygens (including phenoxy) is 3. The molecule has 1 atom stereocenters. The molecule has 0 fully saturated rings. The molecule has 0 bridgehead atoms. The Morgan fingerprint density at radius 3 is 2.69 bits per heavy atom. The van der Waals surface area contributed by atoms with E-state index in [1.54, 1.807) is 0 Å². The summed E-state index contributed by atoms with van der Waals surface area (Å²) in [4.78, 5) is 17.4. The Morgan fingerprint density at radius 1 is 1.11 bits per heavy atom. The van der Waals surface area contributed by atoms with Gasteiger partial charge in [0.15, 0.2) is 0 Å². The molecule has 4 rings (SSSR count). The van der Waals surface area contributed by atoms with Crippen molar-refractivity contribution in [3.63, 3.8) is 0 Å². The molecule has 2 N–H and O–H groups in total. The largest absolute Gasteiger partial charge is 0.447 e. The monoisotopic (exact) mass is 532 g/mol. The number of imidazole rings is 1. The van der Waals surface area contributed by atoms with Gasteiger partial charge in [0.2, 0.25) is 0 Å². The zero-order chi connectivity index (χ0) is 25.5. The van der Waals surface area contributed by atoms with Crippen molar-refractivity contribution in [2.24, 2.45) is 5.73 Å². The first-order chi connectivity index (χ1) is 17.4. The average molecular weight is 533 g/mol. The van der Waals surface area contributed by atoms with Gasteiger partial charge in [-0.15, -0.1) is 0 Å². The molecular weight excluding hydrogens is 503 g/mol. The molecule has 0 unspecified atom stereocenters. The number of hydrogen-bond donors (Lipinski definition) is 1. The summed E-state index contributed by atoms with van der Waals surface area (Å²) < 4.78 is 17.5. The first kappa shape index (κ1) is 26.4. The Labute approximate surface area is 220 Å². The molecular formula is C26H30Cl2N4O4. The van der Waals surface area contributed by atoms with E-state index in [1.807, 2.05) is 29.2 Å². The number of primary amides is 1. The zero-order valence-corrected chi connectivity index (χ0v) is 21.7. The Hall–Kier alpha value is -2.62. The van der Waals surface area contributed by atoms with Gasteiger partial charge in [-0.25, -0.2) is 9.78 Å². The number of nitrogens with two attached hydrogens (primary N) is 1. The molecule has 192 valence electrons. The van der Waals surface area contributed by atoms with Crippen LogP contribution < -0.4 is 5.73 Å². The summed E-state index contributed by atoms with van der Waals surface area (Å²) in [6.07, 6.45) is 3.03. The minimum absolute atomic E-state index is 0.139. The number of aromatic nitrogens is 2. The molecule has 2 heterocycles. The SMILES string of the molecule is CN1Cc2c(Cl)cc(Cl)cc2[C@H](c2cccc(-c3cn(CCOCCOCCOC(N)=O)cn3)c2)C1. The predicted molar refractivity (Wildman–Crippen MR) is 139 cm³/mol. The van der Waals surface area contributed by atoms with Gasteiger partial charge in [0.1, 0.15) is 6.61 Å². The third-order valence-corrected chi connectivity index (χ3v) is 6.60. The van der Waals surface area contributed by atoms with E-state index in [4.69, 9.17) is 38.4 Å². The van der Waals surface area contributed by atoms with E-state index >= 15 is 0 Å². The Bertz CT molecular complexity index is 1190. The van der Waals surface area contributed by atoms with Crippen LogP contribution in [0.3, 0.4) is 0 Å². The predicted octanol–water partition coefficient (Wildman–Crippen LogP) is 4.56. The fourth-order valence-electron chi connectivity index (χ4n) is 4.37. The average Bonchev–Trinajstić information content (AvgIpc) is 3.32. The van der Waals surface area contributed by atoms with Gasteiger partial charge in [-0.3, -0.25) is 0 Å². The molecule has 1 aliphatic rings. The Morgan fingerprint density at radius 2 is 1.89 bits per heavy atom. The van der Waals surface area contributed by atoms with Gasteiger partial charge in [0, 0.05) is 47.4 Å². The van der Waals surface area contributed by atoms with Gasteiger partial charge >= 0.3 is 6.09 Å². The number of likely N-dealkylation sites (N-methyl/N-ethyl adjacent to an activating group) is 1. The zero-order valence-electron chi connectivity index (χ0n) is 20.2. The van der Waals surface area contributed by atoms with Gasteiger partial charge in [0.05, 0.1) is 38.4 Å². The van der Waals surface area contributed by atoms with Crippen LogP contribution in [0.25, 0.3) is 11.3 Å². The van der Waals surface area contributed by atoms with E-state index in [-0.39, 0.29) is 12.5 Å². The van der Waals surface area contributed by atoms with Crippen molar-refractivity contribution >= 4 is 29.3 Å². The molecule has 36 heavy (non-hydrogen) atoms. The summed E-state index contributed by atoms with van der Waals surface area (Å²) in [7, 11) is 2.11. The maximum absolute atomic E-state index is 10.5. The van der Waals surface area contributed by atoms with Crippen LogP contribution in [0.2, 0.25) is 10.0 Å². The minimum atomic E-state index is -0.803. The van der Waals surface area contributed by atoms with Gasteiger partial charge < -0.3 is 29.4 Å². The highest BCUT2D eigenvalue weighted by atomic mass is 35.5. The summed E-state index contributed by atoms with van der Waals surface area (Å²) in [6, 6.07) is 12.4. The molecule has 1 aliphatic heterocycles. The van der Waals surface area contributed by atoms with Crippen LogP contribution >= 0.6 is 23.2 Å². The van der Waals surface area contributed by atoms with E-state index < -0.39 is 6.09 Å². The number of hydrogen-bond acceptors (Lipinski definition) is 6. The fraction of sp³-hybridized carbons (Fsp3) is 0.385. The van der Waals surface area contributed by atoms with Crippen molar-refractivity contribution < 1.29 is 19.0 Å². The number of amides is 1. The van der Waals surface area contributed by atoms with E-state index in [0.29, 0.717) is 38.0 Å². The van der Waals surface area contributed by atoms with Crippen molar-refractivity contribution in [2.75, 3.05) is 46.6 Å². The van der Waals surface area contributed by atoms with E-state index in [1.165, 1.54) is 11.1 Å². The third-order valence-electron chi connectivity index (χ3n) is 6.05. The number of halogens is 2. The second kappa shape index (κ2) is 12.6. The summed E-state index contributed by atoms with van der Waals surface area (Å²) in [5.74, 6) is 0.176. The molecule has 0 saturated heterocycles. The van der Waals surface area contributed by atoms with Crippen LogP contribution in [-0.2, 0) is 27.3 Å². The van der Waals surface area contributed by atoms with E-state index in [9.17, 15) is 4.79 Å². The number of benzene rings is 2. The molecule has 1 amide bonds. The number of carbonyl (C=O) groups excluding carboxylic acids is 1. The fourth-order valence-corrected chi connectivity index (χ4v) is 4.94. The van der Waals surface area contributed by atoms with Crippen LogP contribution in [0.15, 0.2) is 48.9 Å². The quantitative estimate of drug-likeness (QED) is 0.364. The van der Waals surface area contributed by atoms with Crippen LogP contribution in [0.4, 0.5) is 4.79 Å². The van der Waals surface area contributed by atoms with E-state index in [0.717, 1.165) is 34.9 Å². The summed E-state index contributed by atoms with van der Waals surface area (Å²) in [6.45, 7) is 4.20. The van der Waals surface area contributed by atoms with Crippen molar-refractivity contribution in [2.45, 2.75) is 19.0 Å². The lowest BCUT2D eigenvalue weighted by Gasteiger charge is -2.33. The van der Waals surface area contributed by atoms with Crippen LogP contribution in [-0.4, -0.2) is 67.2 Å². The summed E-state index contributed by atoms with van der Waals surface area (Å²) in [5, 5.41) is 1.38. The van der Waals surface area contributed by atoms with Crippen molar-refractivity contribution in [1.82, 2.24) is 14.5 Å². The lowest BCUT2D eigenvalue weighted by Crippen LogP contribution is -2.31. The lowest BCUT2D eigenvalue weighted by atomic mass is 9.84. The van der Waals surface area contributed by atoms with Crippen molar-refractivity contribution in [1.29, 1.82) is 0 Å². The molecule has 0 radical (unpaired) electrons. The molecule has 2 aromatic carbocycles. The second-order valence-corrected chi connectivity index (χ2v) is 9.56. The minimum Gasteiger partial charge on any atom is -0.447 e.